The van der Waals surface area contributed by atoms with Gasteiger partial charge in [0.25, 0.3) is 0 Å². The van der Waals surface area contributed by atoms with Gasteiger partial charge in [-0.2, -0.15) is 0 Å². The van der Waals surface area contributed by atoms with E-state index in [0.29, 0.717) is 25.4 Å². The molecule has 0 fully saturated rings. The van der Waals surface area contributed by atoms with Gasteiger partial charge in [0.1, 0.15) is 5.82 Å². The zero-order valence-corrected chi connectivity index (χ0v) is 16.4. The van der Waals surface area contributed by atoms with Crippen LogP contribution in [0.15, 0.2) is 35.5 Å². The Kier molecular flexibility index (Phi) is 9.20. The van der Waals surface area contributed by atoms with Crippen LogP contribution in [0.3, 0.4) is 0 Å². The molecule has 0 radical (unpaired) electrons. The maximum atomic E-state index is 12.0. The zero-order chi connectivity index (χ0) is 18.6. The molecule has 0 atom stereocenters. The van der Waals surface area contributed by atoms with Gasteiger partial charge in [-0.15, -0.1) is 10.2 Å². The number of amides is 1. The number of benzene rings is 1. The molecule has 0 saturated carbocycles. The number of carbonyl (C=O) groups is 1. The van der Waals surface area contributed by atoms with E-state index in [4.69, 9.17) is 4.74 Å². The van der Waals surface area contributed by atoms with Gasteiger partial charge in [0.2, 0.25) is 5.91 Å². The Morgan fingerprint density at radius 2 is 1.96 bits per heavy atom. The second kappa shape index (κ2) is 11.7. The van der Waals surface area contributed by atoms with Crippen molar-refractivity contribution in [2.45, 2.75) is 44.8 Å². The molecule has 26 heavy (non-hydrogen) atoms. The quantitative estimate of drug-likeness (QED) is 0.455. The molecule has 1 aromatic heterocycles. The van der Waals surface area contributed by atoms with E-state index in [1.54, 1.807) is 0 Å². The molecule has 0 spiro atoms. The molecule has 0 aliphatic heterocycles. The van der Waals surface area contributed by atoms with Gasteiger partial charge in [0, 0.05) is 19.8 Å². The lowest BCUT2D eigenvalue weighted by Gasteiger charge is -2.09. The fourth-order valence-electron chi connectivity index (χ4n) is 2.35. The predicted molar refractivity (Wildman–Crippen MR) is 104 cm³/mol. The van der Waals surface area contributed by atoms with E-state index >= 15 is 0 Å². The largest absolute Gasteiger partial charge is 0.381 e. The van der Waals surface area contributed by atoms with Crippen LogP contribution in [0.25, 0.3) is 0 Å². The first kappa shape index (κ1) is 20.5. The summed E-state index contributed by atoms with van der Waals surface area (Å²) in [7, 11) is 0. The third-order valence-electron chi connectivity index (χ3n) is 3.85. The number of hydrogen-bond acceptors (Lipinski definition) is 5. The molecule has 1 heterocycles. The van der Waals surface area contributed by atoms with Gasteiger partial charge in [-0.3, -0.25) is 4.79 Å². The number of hydrogen-bond donors (Lipinski definition) is 1. The van der Waals surface area contributed by atoms with Gasteiger partial charge in [-0.25, -0.2) is 0 Å². The Morgan fingerprint density at radius 3 is 2.73 bits per heavy atom. The molecule has 0 unspecified atom stereocenters. The van der Waals surface area contributed by atoms with Gasteiger partial charge in [0.05, 0.1) is 12.3 Å². The lowest BCUT2D eigenvalue weighted by atomic mass is 10.2. The van der Waals surface area contributed by atoms with E-state index in [9.17, 15) is 4.79 Å². The lowest BCUT2D eigenvalue weighted by Crippen LogP contribution is -2.27. The number of carbonyl (C=O) groups excluding carboxylic acids is 1. The van der Waals surface area contributed by atoms with Crippen LogP contribution in [0.4, 0.5) is 0 Å². The fourth-order valence-corrected chi connectivity index (χ4v) is 3.16. The zero-order valence-electron chi connectivity index (χ0n) is 15.6. The van der Waals surface area contributed by atoms with Crippen molar-refractivity contribution < 1.29 is 9.53 Å². The normalized spacial score (nSPS) is 10.8. The summed E-state index contributed by atoms with van der Waals surface area (Å²) in [5, 5.41) is 12.0. The summed E-state index contributed by atoms with van der Waals surface area (Å²) in [5.74, 6) is 1.19. The SMILES string of the molecule is CCCCOCCCNC(=O)CSc1nnc(C)n1Cc1ccccc1. The molecule has 2 rings (SSSR count). The molecule has 6 nitrogen and oxygen atoms in total. The number of rotatable bonds is 12. The van der Waals surface area contributed by atoms with Gasteiger partial charge < -0.3 is 14.6 Å². The minimum Gasteiger partial charge on any atom is -0.381 e. The first-order valence-electron chi connectivity index (χ1n) is 9.11. The Labute approximate surface area is 159 Å². The molecular formula is C19H28N4O2S. The van der Waals surface area contributed by atoms with E-state index in [2.05, 4.69) is 34.6 Å². The summed E-state index contributed by atoms with van der Waals surface area (Å²) in [6.45, 7) is 6.91. The number of ether oxygens (including phenoxy) is 1. The van der Waals surface area contributed by atoms with Crippen LogP contribution in [0.5, 0.6) is 0 Å². The highest BCUT2D eigenvalue weighted by Crippen LogP contribution is 2.18. The molecule has 0 aliphatic rings. The highest BCUT2D eigenvalue weighted by molar-refractivity contribution is 7.99. The first-order valence-corrected chi connectivity index (χ1v) is 10.1. The third-order valence-corrected chi connectivity index (χ3v) is 4.81. The summed E-state index contributed by atoms with van der Waals surface area (Å²) in [6.07, 6.45) is 3.07. The predicted octanol–water partition coefficient (Wildman–Crippen LogP) is 3.05. The van der Waals surface area contributed by atoms with E-state index in [1.807, 2.05) is 29.7 Å². The van der Waals surface area contributed by atoms with Gasteiger partial charge in [0.15, 0.2) is 5.16 Å². The fraction of sp³-hybridized carbons (Fsp3) is 0.526. The number of thioether (sulfide) groups is 1. The van der Waals surface area contributed by atoms with Crippen LogP contribution in [-0.4, -0.2) is 46.2 Å². The molecule has 7 heteroatoms. The summed E-state index contributed by atoms with van der Waals surface area (Å²) >= 11 is 1.42. The number of nitrogens with one attached hydrogen (secondary N) is 1. The number of aromatic nitrogens is 3. The van der Waals surface area contributed by atoms with Crippen LogP contribution in [0.2, 0.25) is 0 Å². The number of aryl methyl sites for hydroxylation is 1. The van der Waals surface area contributed by atoms with Gasteiger partial charge in [-0.05, 0) is 25.3 Å². The minimum atomic E-state index is 0.00970. The monoisotopic (exact) mass is 376 g/mol. The Bertz CT molecular complexity index is 661. The average molecular weight is 377 g/mol. The van der Waals surface area contributed by atoms with Crippen LogP contribution in [0, 0.1) is 6.92 Å². The summed E-state index contributed by atoms with van der Waals surface area (Å²) < 4.78 is 7.52. The van der Waals surface area contributed by atoms with Crippen molar-refractivity contribution in [2.75, 3.05) is 25.5 Å². The Morgan fingerprint density at radius 1 is 1.19 bits per heavy atom. The first-order chi connectivity index (χ1) is 12.7. The summed E-state index contributed by atoms with van der Waals surface area (Å²) in [4.78, 5) is 12.0. The van der Waals surface area contributed by atoms with E-state index in [0.717, 1.165) is 36.9 Å². The van der Waals surface area contributed by atoms with Crippen LogP contribution in [-0.2, 0) is 16.1 Å². The van der Waals surface area contributed by atoms with Crippen LogP contribution < -0.4 is 5.32 Å². The Hall–Kier alpha value is -1.86. The molecule has 0 bridgehead atoms. The molecule has 1 amide bonds. The molecular weight excluding hydrogens is 348 g/mol. The Balaban J connectivity index is 1.71. The standard InChI is InChI=1S/C19H28N4O2S/c1-3-4-12-25-13-8-11-20-18(24)15-26-19-22-21-16(2)23(19)14-17-9-6-5-7-10-17/h5-7,9-10H,3-4,8,11-15H2,1-2H3,(H,20,24). The van der Waals surface area contributed by atoms with Crippen LogP contribution in [0.1, 0.15) is 37.6 Å². The molecule has 0 saturated heterocycles. The number of unbranched alkanes of at least 4 members (excludes halogenated alkanes) is 1. The van der Waals surface area contributed by atoms with Crippen molar-refractivity contribution in [3.8, 4) is 0 Å². The third kappa shape index (κ3) is 7.17. The van der Waals surface area contributed by atoms with Crippen molar-refractivity contribution >= 4 is 17.7 Å². The highest BCUT2D eigenvalue weighted by Gasteiger charge is 2.12. The van der Waals surface area contributed by atoms with Crippen molar-refractivity contribution in [2.24, 2.45) is 0 Å². The number of nitrogens with zero attached hydrogens (tertiary/aromatic N) is 3. The smallest absolute Gasteiger partial charge is 0.230 e. The van der Waals surface area contributed by atoms with E-state index < -0.39 is 0 Å². The minimum absolute atomic E-state index is 0.00970. The van der Waals surface area contributed by atoms with Gasteiger partial charge >= 0.3 is 0 Å². The van der Waals surface area contributed by atoms with Crippen molar-refractivity contribution in [1.82, 2.24) is 20.1 Å². The maximum absolute atomic E-state index is 12.0. The van der Waals surface area contributed by atoms with Crippen LogP contribution >= 0.6 is 11.8 Å². The topological polar surface area (TPSA) is 69.0 Å². The second-order valence-electron chi connectivity index (χ2n) is 6.06. The van der Waals surface area contributed by atoms with E-state index in [1.165, 1.54) is 17.3 Å². The van der Waals surface area contributed by atoms with Crippen molar-refractivity contribution in [1.29, 1.82) is 0 Å². The molecule has 142 valence electrons. The van der Waals surface area contributed by atoms with Crippen molar-refractivity contribution in [3.05, 3.63) is 41.7 Å². The maximum Gasteiger partial charge on any atom is 0.230 e. The molecule has 2 aromatic rings. The summed E-state index contributed by atoms with van der Waals surface area (Å²) in [6, 6.07) is 10.2. The van der Waals surface area contributed by atoms with Crippen molar-refractivity contribution in [3.63, 3.8) is 0 Å². The van der Waals surface area contributed by atoms with E-state index in [-0.39, 0.29) is 5.91 Å². The average Bonchev–Trinajstić information content (AvgIpc) is 3.00. The lowest BCUT2D eigenvalue weighted by molar-refractivity contribution is -0.118. The highest BCUT2D eigenvalue weighted by atomic mass is 32.2. The molecule has 1 aromatic carbocycles. The molecule has 1 N–H and O–H groups in total. The summed E-state index contributed by atoms with van der Waals surface area (Å²) in [5.41, 5.74) is 1.18. The van der Waals surface area contributed by atoms with Gasteiger partial charge in [-0.1, -0.05) is 55.4 Å². The second-order valence-corrected chi connectivity index (χ2v) is 7.00. The molecule has 0 aliphatic carbocycles.